The molecule has 180 valence electrons. The van der Waals surface area contributed by atoms with E-state index in [9.17, 15) is 10.1 Å². The van der Waals surface area contributed by atoms with Gasteiger partial charge in [-0.3, -0.25) is 4.79 Å². The minimum atomic E-state index is -0.258. The van der Waals surface area contributed by atoms with Crippen LogP contribution in [-0.4, -0.2) is 48.2 Å². The highest BCUT2D eigenvalue weighted by molar-refractivity contribution is 6.01. The van der Waals surface area contributed by atoms with Gasteiger partial charge >= 0.3 is 0 Å². The number of ether oxygens (including phenoxy) is 1. The van der Waals surface area contributed by atoms with Gasteiger partial charge in [0, 0.05) is 56.9 Å². The molecule has 0 saturated carbocycles. The Kier molecular flexibility index (Phi) is 7.74. The summed E-state index contributed by atoms with van der Waals surface area (Å²) in [6.07, 6.45) is 7.97. The fourth-order valence-corrected chi connectivity index (χ4v) is 5.06. The second kappa shape index (κ2) is 10.9. The van der Waals surface area contributed by atoms with Crippen molar-refractivity contribution >= 4 is 17.7 Å². The number of nitriles is 1. The third kappa shape index (κ3) is 5.53. The van der Waals surface area contributed by atoms with Gasteiger partial charge in [0.05, 0.1) is 6.10 Å². The highest BCUT2D eigenvalue weighted by Crippen LogP contribution is 2.23. The van der Waals surface area contributed by atoms with Crippen molar-refractivity contribution in [2.24, 2.45) is 0 Å². The van der Waals surface area contributed by atoms with Crippen LogP contribution in [0.2, 0.25) is 0 Å². The minimum absolute atomic E-state index is 0.157. The van der Waals surface area contributed by atoms with Gasteiger partial charge < -0.3 is 19.1 Å². The smallest absolute Gasteiger partial charge is 0.264 e. The molecule has 2 aliphatic heterocycles. The number of amides is 1. The van der Waals surface area contributed by atoms with Gasteiger partial charge in [-0.05, 0) is 81.4 Å². The molecular weight excluding hydrogens is 424 g/mol. The van der Waals surface area contributed by atoms with E-state index in [1.807, 2.05) is 13.0 Å². The zero-order valence-electron chi connectivity index (χ0n) is 20.7. The van der Waals surface area contributed by atoms with Gasteiger partial charge in [-0.1, -0.05) is 12.1 Å². The Morgan fingerprint density at radius 1 is 1.18 bits per heavy atom. The molecule has 0 aliphatic carbocycles. The van der Waals surface area contributed by atoms with Crippen molar-refractivity contribution in [2.45, 2.75) is 65.1 Å². The molecule has 1 amide bonds. The van der Waals surface area contributed by atoms with Crippen molar-refractivity contribution in [3.05, 3.63) is 58.4 Å². The van der Waals surface area contributed by atoms with Gasteiger partial charge in [0.2, 0.25) is 0 Å². The van der Waals surface area contributed by atoms with Crippen LogP contribution in [0.4, 0.5) is 5.69 Å². The van der Waals surface area contributed by atoms with Gasteiger partial charge in [-0.2, -0.15) is 5.26 Å². The van der Waals surface area contributed by atoms with Crippen molar-refractivity contribution in [1.82, 2.24) is 9.47 Å². The first kappa shape index (κ1) is 24.1. The fourth-order valence-electron chi connectivity index (χ4n) is 5.06. The molecular formula is C28H36N4O2. The van der Waals surface area contributed by atoms with E-state index >= 15 is 0 Å². The first-order chi connectivity index (χ1) is 16.5. The number of carbonyl (C=O) groups is 1. The first-order valence-electron chi connectivity index (χ1n) is 12.5. The van der Waals surface area contributed by atoms with E-state index in [1.165, 1.54) is 24.9 Å². The Hall–Kier alpha value is -3.04. The van der Waals surface area contributed by atoms with Crippen LogP contribution >= 0.6 is 0 Å². The molecule has 6 nitrogen and oxygen atoms in total. The van der Waals surface area contributed by atoms with E-state index in [0.717, 1.165) is 61.6 Å². The standard InChI is InChI=1S/C28H36N4O2/c1-21-16-24(22(2)32(21)20-27-8-7-15-34-27)17-25(18-29)28(33)30(3)19-23-9-11-26(12-10-23)31-13-5-4-6-14-31/h9-12,16-17,27H,4-8,13-15,19-20H2,1-3H3/b25-17+. The highest BCUT2D eigenvalue weighted by Gasteiger charge is 2.20. The second-order valence-corrected chi connectivity index (χ2v) is 9.62. The summed E-state index contributed by atoms with van der Waals surface area (Å²) in [4.78, 5) is 17.1. The third-order valence-electron chi connectivity index (χ3n) is 7.10. The van der Waals surface area contributed by atoms with E-state index in [0.29, 0.717) is 6.54 Å². The largest absolute Gasteiger partial charge is 0.376 e. The van der Waals surface area contributed by atoms with Crippen LogP contribution in [0.5, 0.6) is 0 Å². The lowest BCUT2D eigenvalue weighted by Crippen LogP contribution is -2.29. The molecule has 2 saturated heterocycles. The number of carbonyl (C=O) groups excluding carboxylic acids is 1. The summed E-state index contributed by atoms with van der Waals surface area (Å²) in [5, 5.41) is 9.75. The SMILES string of the molecule is Cc1cc(/C=C(\C#N)C(=O)N(C)Cc2ccc(N3CCCCC3)cc2)c(C)n1CC1CCCO1. The molecule has 1 unspecified atom stereocenters. The molecule has 34 heavy (non-hydrogen) atoms. The quantitative estimate of drug-likeness (QED) is 0.438. The Bertz CT molecular complexity index is 1070. The van der Waals surface area contributed by atoms with E-state index in [4.69, 9.17) is 4.74 Å². The number of hydrogen-bond donors (Lipinski definition) is 0. The van der Waals surface area contributed by atoms with Crippen molar-refractivity contribution in [3.63, 3.8) is 0 Å². The predicted molar refractivity (Wildman–Crippen MR) is 135 cm³/mol. The maximum Gasteiger partial charge on any atom is 0.264 e. The fraction of sp³-hybridized carbons (Fsp3) is 0.500. The van der Waals surface area contributed by atoms with Crippen LogP contribution < -0.4 is 4.90 Å². The average Bonchev–Trinajstić information content (AvgIpc) is 3.47. The number of likely N-dealkylation sites (N-methyl/N-ethyl adjacent to an activating group) is 1. The van der Waals surface area contributed by atoms with E-state index < -0.39 is 0 Å². The second-order valence-electron chi connectivity index (χ2n) is 9.62. The van der Waals surface area contributed by atoms with Gasteiger partial charge in [0.1, 0.15) is 11.6 Å². The van der Waals surface area contributed by atoms with E-state index in [1.54, 1.807) is 18.0 Å². The summed E-state index contributed by atoms with van der Waals surface area (Å²) in [6, 6.07) is 12.6. The Balaban J connectivity index is 1.43. The van der Waals surface area contributed by atoms with Crippen molar-refractivity contribution < 1.29 is 9.53 Å². The number of aromatic nitrogens is 1. The highest BCUT2D eigenvalue weighted by atomic mass is 16.5. The summed E-state index contributed by atoms with van der Waals surface area (Å²) in [7, 11) is 1.76. The summed E-state index contributed by atoms with van der Waals surface area (Å²) in [5.41, 5.74) is 5.55. The monoisotopic (exact) mass is 460 g/mol. The average molecular weight is 461 g/mol. The van der Waals surface area contributed by atoms with Crippen LogP contribution in [0, 0.1) is 25.2 Å². The van der Waals surface area contributed by atoms with E-state index in [2.05, 4.69) is 46.7 Å². The summed E-state index contributed by atoms with van der Waals surface area (Å²) < 4.78 is 8.03. The van der Waals surface area contributed by atoms with Crippen LogP contribution in [0.1, 0.15) is 54.6 Å². The first-order valence-corrected chi connectivity index (χ1v) is 12.5. The normalized spacial score (nSPS) is 18.7. The van der Waals surface area contributed by atoms with Crippen LogP contribution in [0.3, 0.4) is 0 Å². The molecule has 1 aromatic heterocycles. The number of anilines is 1. The third-order valence-corrected chi connectivity index (χ3v) is 7.10. The number of benzene rings is 1. The Morgan fingerprint density at radius 2 is 1.91 bits per heavy atom. The van der Waals surface area contributed by atoms with Gasteiger partial charge in [-0.25, -0.2) is 0 Å². The molecule has 0 bridgehead atoms. The zero-order valence-corrected chi connectivity index (χ0v) is 20.7. The van der Waals surface area contributed by atoms with Crippen LogP contribution in [0.15, 0.2) is 35.9 Å². The number of piperidine rings is 1. The molecule has 0 N–H and O–H groups in total. The Morgan fingerprint density at radius 3 is 2.56 bits per heavy atom. The molecule has 0 radical (unpaired) electrons. The Labute approximate surface area is 203 Å². The molecule has 1 aromatic carbocycles. The van der Waals surface area contributed by atoms with Gasteiger partial charge in [0.15, 0.2) is 0 Å². The van der Waals surface area contributed by atoms with Crippen molar-refractivity contribution in [3.8, 4) is 6.07 Å². The number of nitrogens with zero attached hydrogens (tertiary/aromatic N) is 4. The van der Waals surface area contributed by atoms with Crippen molar-refractivity contribution in [1.29, 1.82) is 5.26 Å². The topological polar surface area (TPSA) is 61.5 Å². The molecule has 3 heterocycles. The van der Waals surface area contributed by atoms with Gasteiger partial charge in [0.25, 0.3) is 5.91 Å². The van der Waals surface area contributed by atoms with E-state index in [-0.39, 0.29) is 17.6 Å². The lowest BCUT2D eigenvalue weighted by atomic mass is 10.1. The molecule has 2 aromatic rings. The molecule has 0 spiro atoms. The molecule has 4 rings (SSSR count). The van der Waals surface area contributed by atoms with Crippen molar-refractivity contribution in [2.75, 3.05) is 31.6 Å². The zero-order chi connectivity index (χ0) is 24.1. The minimum Gasteiger partial charge on any atom is -0.376 e. The predicted octanol–water partition coefficient (Wildman–Crippen LogP) is 4.84. The summed E-state index contributed by atoms with van der Waals surface area (Å²) >= 11 is 0. The number of aryl methyl sites for hydroxylation is 1. The maximum atomic E-state index is 13.1. The van der Waals surface area contributed by atoms with Gasteiger partial charge in [-0.15, -0.1) is 0 Å². The summed E-state index contributed by atoms with van der Waals surface area (Å²) in [5.74, 6) is -0.258. The lowest BCUT2D eigenvalue weighted by molar-refractivity contribution is -0.125. The van der Waals surface area contributed by atoms with Crippen LogP contribution in [-0.2, 0) is 22.6 Å². The molecule has 1 atom stereocenters. The maximum absolute atomic E-state index is 13.1. The number of rotatable bonds is 7. The lowest BCUT2D eigenvalue weighted by Gasteiger charge is -2.29. The molecule has 2 aliphatic rings. The summed E-state index contributed by atoms with van der Waals surface area (Å²) in [6.45, 7) is 8.44. The molecule has 2 fully saturated rings. The van der Waals surface area contributed by atoms with Crippen LogP contribution in [0.25, 0.3) is 6.08 Å². The number of hydrogen-bond acceptors (Lipinski definition) is 4. The molecule has 6 heteroatoms.